The summed E-state index contributed by atoms with van der Waals surface area (Å²) in [5.74, 6) is 0. The van der Waals surface area contributed by atoms with Crippen molar-refractivity contribution in [2.24, 2.45) is 16.5 Å². The molecule has 2 unspecified atom stereocenters. The number of benzene rings is 1. The number of nitrogens with zero attached hydrogens (tertiary/aromatic N) is 2. The lowest BCUT2D eigenvalue weighted by Crippen LogP contribution is -2.36. The fraction of sp³-hybridized carbons (Fsp3) is 0.238. The van der Waals surface area contributed by atoms with Crippen molar-refractivity contribution in [3.8, 4) is 0 Å². The molecule has 4 rings (SSSR count). The molecule has 1 aromatic heterocycles. The van der Waals surface area contributed by atoms with Crippen LogP contribution in [0.1, 0.15) is 22.3 Å². The summed E-state index contributed by atoms with van der Waals surface area (Å²) >= 11 is 0. The monoisotopic (exact) mass is 345 g/mol. The molecule has 0 spiro atoms. The summed E-state index contributed by atoms with van der Waals surface area (Å²) in [7, 11) is 0. The second kappa shape index (κ2) is 6.77. The van der Waals surface area contributed by atoms with E-state index in [0.29, 0.717) is 6.54 Å². The van der Waals surface area contributed by atoms with Gasteiger partial charge in [0.15, 0.2) is 0 Å². The van der Waals surface area contributed by atoms with Gasteiger partial charge in [0, 0.05) is 24.4 Å². The lowest BCUT2D eigenvalue weighted by Gasteiger charge is -2.28. The number of fused-ring (bicyclic) bond motifs is 1. The van der Waals surface area contributed by atoms with Gasteiger partial charge in [0.25, 0.3) is 0 Å². The molecule has 0 radical (unpaired) electrons. The maximum absolute atomic E-state index is 6.27. The molecule has 0 amide bonds. The van der Waals surface area contributed by atoms with Crippen LogP contribution in [0.15, 0.2) is 65.6 Å². The average molecular weight is 345 g/mol. The second-order valence-corrected chi connectivity index (χ2v) is 6.95. The molecule has 0 saturated heterocycles. The van der Waals surface area contributed by atoms with Crippen LogP contribution in [-0.4, -0.2) is 24.0 Å². The largest absolute Gasteiger partial charge is 0.390 e. The van der Waals surface area contributed by atoms with E-state index >= 15 is 0 Å². The maximum atomic E-state index is 6.27. The third-order valence-electron chi connectivity index (χ3n) is 5.37. The Bertz CT molecular complexity index is 872. The van der Waals surface area contributed by atoms with Gasteiger partial charge >= 0.3 is 0 Å². The number of pyridine rings is 1. The van der Waals surface area contributed by atoms with Crippen LogP contribution in [0.3, 0.4) is 0 Å². The van der Waals surface area contributed by atoms with Crippen molar-refractivity contribution in [1.29, 1.82) is 0 Å². The standard InChI is InChI=1S/C21H23N5/c22-13-21(10-17-4-6-24-12-18(17)11-21)19-3-1-2-15(9-19)8-16-5-7-25-20(16)26-14-23/h1-9,12,14,20,25H,10-11,13,22H2,(H2,23,26)/b16-8+. The molecule has 1 aromatic carbocycles. The van der Waals surface area contributed by atoms with Crippen molar-refractivity contribution in [3.05, 3.63) is 82.8 Å². The molecule has 1 aliphatic carbocycles. The Morgan fingerprint density at radius 1 is 1.27 bits per heavy atom. The maximum Gasteiger partial charge on any atom is 0.146 e. The van der Waals surface area contributed by atoms with E-state index in [1.807, 2.05) is 24.7 Å². The molecule has 0 saturated carbocycles. The van der Waals surface area contributed by atoms with Crippen LogP contribution in [-0.2, 0) is 18.3 Å². The summed E-state index contributed by atoms with van der Waals surface area (Å²) in [6.07, 6.45) is 13.0. The third-order valence-corrected chi connectivity index (χ3v) is 5.37. The molecule has 2 atom stereocenters. The van der Waals surface area contributed by atoms with E-state index in [9.17, 15) is 0 Å². The van der Waals surface area contributed by atoms with Crippen LogP contribution < -0.4 is 16.8 Å². The highest BCUT2D eigenvalue weighted by Gasteiger charge is 2.37. The molecule has 2 heterocycles. The van der Waals surface area contributed by atoms with E-state index in [1.165, 1.54) is 23.0 Å². The van der Waals surface area contributed by atoms with Gasteiger partial charge in [0.1, 0.15) is 6.17 Å². The second-order valence-electron chi connectivity index (χ2n) is 6.95. The molecular weight excluding hydrogens is 322 g/mol. The predicted octanol–water partition coefficient (Wildman–Crippen LogP) is 1.89. The number of nitrogens with one attached hydrogen (secondary N) is 1. The number of aliphatic imine (C=N–C) groups is 1. The topological polar surface area (TPSA) is 89.3 Å². The molecule has 26 heavy (non-hydrogen) atoms. The van der Waals surface area contributed by atoms with E-state index in [4.69, 9.17) is 11.5 Å². The molecule has 0 bridgehead atoms. The Morgan fingerprint density at radius 3 is 2.96 bits per heavy atom. The SMILES string of the molecule is NC=NC1NC=C/C1=C\c1cccc(C2(CN)Cc3ccncc3C2)c1. The van der Waals surface area contributed by atoms with Gasteiger partial charge in [-0.05, 0) is 65.1 Å². The van der Waals surface area contributed by atoms with Gasteiger partial charge in [0.2, 0.25) is 0 Å². The van der Waals surface area contributed by atoms with Gasteiger partial charge in [0.05, 0.1) is 6.34 Å². The minimum absolute atomic E-state index is 0.0571. The van der Waals surface area contributed by atoms with Gasteiger partial charge < -0.3 is 16.8 Å². The Balaban J connectivity index is 1.67. The quantitative estimate of drug-likeness (QED) is 0.583. The highest BCUT2D eigenvalue weighted by Crippen LogP contribution is 2.39. The molecule has 2 aliphatic rings. The first-order chi connectivity index (χ1) is 12.7. The predicted molar refractivity (Wildman–Crippen MR) is 106 cm³/mol. The number of hydrogen-bond donors (Lipinski definition) is 3. The van der Waals surface area contributed by atoms with Crippen molar-refractivity contribution < 1.29 is 0 Å². The molecule has 132 valence electrons. The summed E-state index contributed by atoms with van der Waals surface area (Å²) in [6.45, 7) is 0.614. The van der Waals surface area contributed by atoms with Gasteiger partial charge in [-0.25, -0.2) is 4.99 Å². The van der Waals surface area contributed by atoms with Crippen LogP contribution in [0, 0.1) is 0 Å². The zero-order chi connectivity index (χ0) is 18.0. The van der Waals surface area contributed by atoms with E-state index in [2.05, 4.69) is 51.7 Å². The third kappa shape index (κ3) is 2.91. The highest BCUT2D eigenvalue weighted by atomic mass is 15.1. The minimum Gasteiger partial charge on any atom is -0.390 e. The number of rotatable bonds is 4. The van der Waals surface area contributed by atoms with Crippen molar-refractivity contribution in [2.75, 3.05) is 6.54 Å². The lowest BCUT2D eigenvalue weighted by atomic mass is 9.77. The summed E-state index contributed by atoms with van der Waals surface area (Å²) in [6, 6.07) is 10.8. The van der Waals surface area contributed by atoms with E-state index in [-0.39, 0.29) is 11.6 Å². The van der Waals surface area contributed by atoms with Crippen molar-refractivity contribution in [2.45, 2.75) is 24.4 Å². The van der Waals surface area contributed by atoms with Gasteiger partial charge in [-0.15, -0.1) is 0 Å². The van der Waals surface area contributed by atoms with E-state index < -0.39 is 0 Å². The van der Waals surface area contributed by atoms with Crippen LogP contribution in [0.5, 0.6) is 0 Å². The number of aromatic nitrogens is 1. The summed E-state index contributed by atoms with van der Waals surface area (Å²) in [5, 5.41) is 3.17. The Kier molecular flexibility index (Phi) is 4.31. The Morgan fingerprint density at radius 2 is 2.15 bits per heavy atom. The summed E-state index contributed by atoms with van der Waals surface area (Å²) in [5.41, 5.74) is 17.8. The van der Waals surface area contributed by atoms with E-state index in [1.54, 1.807) is 0 Å². The minimum atomic E-state index is -0.117. The lowest BCUT2D eigenvalue weighted by molar-refractivity contribution is 0.463. The van der Waals surface area contributed by atoms with Crippen molar-refractivity contribution in [1.82, 2.24) is 10.3 Å². The zero-order valence-corrected chi connectivity index (χ0v) is 14.6. The molecule has 5 nitrogen and oxygen atoms in total. The first-order valence-electron chi connectivity index (χ1n) is 8.84. The first-order valence-corrected chi connectivity index (χ1v) is 8.84. The first kappa shape index (κ1) is 16.5. The Hall–Kier alpha value is -2.92. The van der Waals surface area contributed by atoms with Crippen molar-refractivity contribution in [3.63, 3.8) is 0 Å². The molecule has 0 fully saturated rings. The fourth-order valence-corrected chi connectivity index (χ4v) is 3.96. The van der Waals surface area contributed by atoms with Crippen LogP contribution in [0.2, 0.25) is 0 Å². The molecular formula is C21H23N5. The number of hydrogen-bond acceptors (Lipinski definition) is 4. The zero-order valence-electron chi connectivity index (χ0n) is 14.6. The smallest absolute Gasteiger partial charge is 0.146 e. The molecule has 1 aliphatic heterocycles. The highest BCUT2D eigenvalue weighted by molar-refractivity contribution is 5.62. The fourth-order valence-electron chi connectivity index (χ4n) is 3.96. The van der Waals surface area contributed by atoms with Crippen LogP contribution in [0.25, 0.3) is 6.08 Å². The molecule has 5 N–H and O–H groups in total. The van der Waals surface area contributed by atoms with Crippen LogP contribution >= 0.6 is 0 Å². The number of nitrogens with two attached hydrogens (primary N) is 2. The molecule has 5 heteroatoms. The van der Waals surface area contributed by atoms with Gasteiger partial charge in [-0.3, -0.25) is 4.98 Å². The van der Waals surface area contributed by atoms with Gasteiger partial charge in [-0.1, -0.05) is 24.3 Å². The van der Waals surface area contributed by atoms with Crippen LogP contribution in [0.4, 0.5) is 0 Å². The summed E-state index contributed by atoms with van der Waals surface area (Å²) in [4.78, 5) is 8.52. The normalized spacial score (nSPS) is 25.7. The molecule has 2 aromatic rings. The van der Waals surface area contributed by atoms with Gasteiger partial charge in [-0.2, -0.15) is 0 Å². The Labute approximate surface area is 153 Å². The van der Waals surface area contributed by atoms with E-state index in [0.717, 1.165) is 24.0 Å². The average Bonchev–Trinajstić information content (AvgIpc) is 3.27. The summed E-state index contributed by atoms with van der Waals surface area (Å²) < 4.78 is 0. The van der Waals surface area contributed by atoms with Crippen molar-refractivity contribution >= 4 is 12.4 Å².